The topological polar surface area (TPSA) is 111 Å². The van der Waals surface area contributed by atoms with E-state index in [9.17, 15) is 40.3 Å². The van der Waals surface area contributed by atoms with Gasteiger partial charge in [-0.3, -0.25) is 9.48 Å². The van der Waals surface area contributed by atoms with Gasteiger partial charge in [-0.15, -0.1) is 0 Å². The fourth-order valence-electron chi connectivity index (χ4n) is 4.96. The van der Waals surface area contributed by atoms with Crippen LogP contribution in [0.15, 0.2) is 18.2 Å². The Hall–Kier alpha value is -2.74. The summed E-state index contributed by atoms with van der Waals surface area (Å²) in [5, 5.41) is 17.1. The first-order chi connectivity index (χ1) is 18.2. The van der Waals surface area contributed by atoms with Crippen LogP contribution in [0.2, 0.25) is 0 Å². The zero-order chi connectivity index (χ0) is 30.3. The molecule has 14 heteroatoms. The molecule has 0 spiro atoms. The Labute approximate surface area is 229 Å². The minimum absolute atomic E-state index is 0.0452. The quantitative estimate of drug-likeness (QED) is 0.411. The van der Waals surface area contributed by atoms with Crippen molar-refractivity contribution in [3.05, 3.63) is 35.0 Å². The van der Waals surface area contributed by atoms with Gasteiger partial charge >= 0.3 is 12.8 Å². The first kappa shape index (κ1) is 31.8. The van der Waals surface area contributed by atoms with Gasteiger partial charge in [0.05, 0.1) is 22.0 Å². The maximum atomic E-state index is 13.4. The SMILES string of the molecule is Cc1c(C(=O)NC[C@]2(O)CC[C@@H](S(C)(=O)=O)CC2)nn(C)c1-c1ccc(CC(C)(C)C(F)(F)F)cc1OC(F)F. The van der Waals surface area contributed by atoms with Gasteiger partial charge in [0.1, 0.15) is 15.6 Å². The van der Waals surface area contributed by atoms with Crippen molar-refractivity contribution in [2.45, 2.75) is 76.5 Å². The summed E-state index contributed by atoms with van der Waals surface area (Å²) in [6.07, 6.45) is -2.94. The summed E-state index contributed by atoms with van der Waals surface area (Å²) in [7, 11) is -1.75. The Balaban J connectivity index is 1.84. The number of carbonyl (C=O) groups is 1. The van der Waals surface area contributed by atoms with Gasteiger partial charge < -0.3 is 15.2 Å². The van der Waals surface area contributed by atoms with E-state index in [0.717, 1.165) is 26.2 Å². The van der Waals surface area contributed by atoms with Crippen molar-refractivity contribution in [2.75, 3.05) is 12.8 Å². The smallest absolute Gasteiger partial charge is 0.394 e. The fraction of sp³-hybridized carbons (Fsp3) is 0.615. The molecule has 0 atom stereocenters. The van der Waals surface area contributed by atoms with Crippen LogP contribution >= 0.6 is 0 Å². The monoisotopic (exact) mass is 595 g/mol. The summed E-state index contributed by atoms with van der Waals surface area (Å²) in [6, 6.07) is 3.87. The Bertz CT molecular complexity index is 1350. The average Bonchev–Trinajstić information content (AvgIpc) is 3.10. The number of nitrogens with one attached hydrogen (secondary N) is 1. The lowest BCUT2D eigenvalue weighted by molar-refractivity contribution is -0.211. The summed E-state index contributed by atoms with van der Waals surface area (Å²) >= 11 is 0. The molecule has 0 bridgehead atoms. The van der Waals surface area contributed by atoms with Crippen LogP contribution in [0.3, 0.4) is 0 Å². The number of aliphatic hydroxyl groups is 1. The number of aryl methyl sites for hydroxylation is 1. The van der Waals surface area contributed by atoms with Crippen molar-refractivity contribution in [2.24, 2.45) is 12.5 Å². The number of sulfone groups is 1. The van der Waals surface area contributed by atoms with Crippen molar-refractivity contribution in [3.8, 4) is 17.0 Å². The third-order valence-corrected chi connectivity index (χ3v) is 9.16. The number of hydrogen-bond donors (Lipinski definition) is 2. The number of carbonyl (C=O) groups excluding carboxylic acids is 1. The third-order valence-electron chi connectivity index (χ3n) is 7.48. The number of amides is 1. The number of hydrogen-bond acceptors (Lipinski definition) is 6. The molecule has 1 aromatic heterocycles. The average molecular weight is 596 g/mol. The van der Waals surface area contributed by atoms with Crippen molar-refractivity contribution in [1.29, 1.82) is 0 Å². The van der Waals surface area contributed by atoms with Crippen LogP contribution in [0.5, 0.6) is 5.75 Å². The second-order valence-corrected chi connectivity index (χ2v) is 13.5. The van der Waals surface area contributed by atoms with Crippen LogP contribution < -0.4 is 10.1 Å². The maximum Gasteiger partial charge on any atom is 0.394 e. The zero-order valence-corrected chi connectivity index (χ0v) is 23.7. The molecule has 40 heavy (non-hydrogen) atoms. The van der Waals surface area contributed by atoms with Gasteiger partial charge in [0, 0.05) is 31.0 Å². The van der Waals surface area contributed by atoms with Crippen molar-refractivity contribution in [1.82, 2.24) is 15.1 Å². The van der Waals surface area contributed by atoms with Crippen LogP contribution in [0.4, 0.5) is 22.0 Å². The van der Waals surface area contributed by atoms with Crippen molar-refractivity contribution >= 4 is 15.7 Å². The van der Waals surface area contributed by atoms with E-state index in [1.807, 2.05) is 0 Å². The highest BCUT2D eigenvalue weighted by Gasteiger charge is 2.47. The molecule has 0 unspecified atom stereocenters. The van der Waals surface area contributed by atoms with Gasteiger partial charge in [-0.2, -0.15) is 27.1 Å². The zero-order valence-electron chi connectivity index (χ0n) is 22.9. The van der Waals surface area contributed by atoms with E-state index >= 15 is 0 Å². The normalized spacial score (nSPS) is 20.6. The summed E-state index contributed by atoms with van der Waals surface area (Å²) in [5.74, 6) is -1.00. The minimum Gasteiger partial charge on any atom is -0.434 e. The molecule has 1 heterocycles. The number of rotatable bonds is 9. The highest BCUT2D eigenvalue weighted by molar-refractivity contribution is 7.91. The molecule has 2 N–H and O–H groups in total. The molecule has 3 rings (SSSR count). The number of benzene rings is 1. The van der Waals surface area contributed by atoms with E-state index in [2.05, 4.69) is 15.2 Å². The molecule has 1 saturated carbocycles. The predicted octanol–water partition coefficient (Wildman–Crippen LogP) is 4.58. The Morgan fingerprint density at radius 3 is 2.38 bits per heavy atom. The van der Waals surface area contributed by atoms with Crippen LogP contribution in [0, 0.1) is 12.3 Å². The molecule has 0 radical (unpaired) electrons. The first-order valence-corrected chi connectivity index (χ1v) is 14.6. The van der Waals surface area contributed by atoms with Gasteiger partial charge in [0.25, 0.3) is 5.91 Å². The second-order valence-electron chi connectivity index (χ2n) is 11.1. The molecule has 1 aromatic carbocycles. The first-order valence-electron chi connectivity index (χ1n) is 12.6. The summed E-state index contributed by atoms with van der Waals surface area (Å²) in [5.41, 5.74) is -2.66. The molecule has 224 valence electrons. The largest absolute Gasteiger partial charge is 0.434 e. The van der Waals surface area contributed by atoms with E-state index in [4.69, 9.17) is 0 Å². The Morgan fingerprint density at radius 1 is 1.25 bits per heavy atom. The van der Waals surface area contributed by atoms with E-state index in [1.165, 1.54) is 30.8 Å². The molecular formula is C26H34F5N3O5S. The molecule has 1 fully saturated rings. The summed E-state index contributed by atoms with van der Waals surface area (Å²) < 4.78 is 96.2. The van der Waals surface area contributed by atoms with Crippen LogP contribution in [0.1, 0.15) is 61.1 Å². The second kappa shape index (κ2) is 11.3. The number of ether oxygens (including phenoxy) is 1. The van der Waals surface area contributed by atoms with Gasteiger partial charge in [0.15, 0.2) is 5.69 Å². The third kappa shape index (κ3) is 7.12. The number of nitrogens with zero attached hydrogens (tertiary/aromatic N) is 2. The Morgan fingerprint density at radius 2 is 1.85 bits per heavy atom. The van der Waals surface area contributed by atoms with E-state index in [-0.39, 0.29) is 60.5 Å². The lowest BCUT2D eigenvalue weighted by Gasteiger charge is -2.35. The lowest BCUT2D eigenvalue weighted by Crippen LogP contribution is -2.47. The van der Waals surface area contributed by atoms with Gasteiger partial charge in [0.2, 0.25) is 0 Å². The highest BCUT2D eigenvalue weighted by Crippen LogP contribution is 2.42. The summed E-state index contributed by atoms with van der Waals surface area (Å²) in [4.78, 5) is 13.0. The van der Waals surface area contributed by atoms with Gasteiger partial charge in [-0.1, -0.05) is 19.9 Å². The van der Waals surface area contributed by atoms with E-state index in [0.29, 0.717) is 5.56 Å². The van der Waals surface area contributed by atoms with Crippen LogP contribution in [0.25, 0.3) is 11.3 Å². The molecular weight excluding hydrogens is 561 g/mol. The van der Waals surface area contributed by atoms with Crippen LogP contribution in [-0.2, 0) is 23.3 Å². The fourth-order valence-corrected chi connectivity index (χ4v) is 6.05. The van der Waals surface area contributed by atoms with Gasteiger partial charge in [-0.05, 0) is 56.7 Å². The molecule has 1 amide bonds. The molecule has 0 aliphatic heterocycles. The van der Waals surface area contributed by atoms with E-state index in [1.54, 1.807) is 0 Å². The molecule has 1 aliphatic rings. The van der Waals surface area contributed by atoms with Crippen LogP contribution in [-0.4, -0.2) is 65.7 Å². The van der Waals surface area contributed by atoms with Gasteiger partial charge in [-0.25, -0.2) is 8.42 Å². The van der Waals surface area contributed by atoms with Crippen molar-refractivity contribution < 1.29 is 45.0 Å². The van der Waals surface area contributed by atoms with Crippen molar-refractivity contribution in [3.63, 3.8) is 0 Å². The summed E-state index contributed by atoms with van der Waals surface area (Å²) in [6.45, 7) is 0.170. The minimum atomic E-state index is -4.52. The molecule has 0 saturated heterocycles. The predicted molar refractivity (Wildman–Crippen MR) is 138 cm³/mol. The Kier molecular flexibility index (Phi) is 8.95. The molecule has 8 nitrogen and oxygen atoms in total. The lowest BCUT2D eigenvalue weighted by atomic mass is 9.84. The van der Waals surface area contributed by atoms with E-state index < -0.39 is 51.2 Å². The molecule has 2 aromatic rings. The molecule has 1 aliphatic carbocycles. The number of halogens is 5. The highest BCUT2D eigenvalue weighted by atomic mass is 32.2. The number of alkyl halides is 5. The number of aromatic nitrogens is 2. The standard InChI is InChI=1S/C26H34F5N3O5S/c1-15-20(22(35)32-14-25(36)10-8-17(9-11-25)40(5,37)38)33-34(4)21(15)18-7-6-16(12-19(18)39-23(27)28)13-24(2,3)26(29,30)31/h6-7,12,17,23,36H,8-11,13-14H2,1-5H3,(H,32,35)/t17-,25+. The maximum absolute atomic E-state index is 13.4.